The van der Waals surface area contributed by atoms with Crippen molar-refractivity contribution in [2.24, 2.45) is 0 Å². The maximum absolute atomic E-state index is 12.2. The number of carbonyl (C=O) groups excluding carboxylic acids is 2. The first-order chi connectivity index (χ1) is 15.3. The highest BCUT2D eigenvalue weighted by Crippen LogP contribution is 2.19. The van der Waals surface area contributed by atoms with Crippen LogP contribution in [0.1, 0.15) is 27.3 Å². The summed E-state index contributed by atoms with van der Waals surface area (Å²) in [5, 5.41) is 15.3. The number of nitro benzene ring substituents is 1. The normalized spacial score (nSPS) is 10.8. The molecule has 1 aromatic heterocycles. The summed E-state index contributed by atoms with van der Waals surface area (Å²) in [6, 6.07) is 14.9. The molecule has 0 saturated heterocycles. The molecule has 0 fully saturated rings. The predicted octanol–water partition coefficient (Wildman–Crippen LogP) is 2.29. The van der Waals surface area contributed by atoms with E-state index in [4.69, 9.17) is 0 Å². The second kappa shape index (κ2) is 9.84. The van der Waals surface area contributed by atoms with Gasteiger partial charge in [-0.05, 0) is 45.2 Å². The van der Waals surface area contributed by atoms with Crippen molar-refractivity contribution in [3.8, 4) is 5.69 Å². The van der Waals surface area contributed by atoms with Gasteiger partial charge < -0.3 is 0 Å². The molecule has 0 atom stereocenters. The van der Waals surface area contributed by atoms with E-state index in [9.17, 15) is 19.7 Å². The average Bonchev–Trinajstić information content (AvgIpc) is 3.06. The molecule has 10 heteroatoms. The van der Waals surface area contributed by atoms with E-state index in [-0.39, 0.29) is 17.8 Å². The molecule has 0 bridgehead atoms. The molecule has 0 unspecified atom stereocenters. The third kappa shape index (κ3) is 5.35. The number of carbonyl (C=O) groups is 2. The summed E-state index contributed by atoms with van der Waals surface area (Å²) < 4.78 is 1.88. The Morgan fingerprint density at radius 3 is 2.34 bits per heavy atom. The van der Waals surface area contributed by atoms with E-state index in [0.29, 0.717) is 6.54 Å². The number of para-hydroxylation sites is 1. The van der Waals surface area contributed by atoms with Crippen LogP contribution in [-0.2, 0) is 11.3 Å². The number of hydrogen-bond acceptors (Lipinski definition) is 6. The van der Waals surface area contributed by atoms with Gasteiger partial charge in [-0.15, -0.1) is 0 Å². The minimum absolute atomic E-state index is 0.0515. The number of aryl methyl sites for hydroxylation is 1. The molecule has 0 spiro atoms. The number of non-ortho nitro benzene ring substituents is 1. The Kier molecular flexibility index (Phi) is 6.96. The molecule has 3 aromatic rings. The lowest BCUT2D eigenvalue weighted by Crippen LogP contribution is -2.45. The lowest BCUT2D eigenvalue weighted by atomic mass is 10.2. The topological polar surface area (TPSA) is 122 Å². The zero-order valence-corrected chi connectivity index (χ0v) is 18.0. The second-order valence-corrected chi connectivity index (χ2v) is 7.38. The summed E-state index contributed by atoms with van der Waals surface area (Å²) >= 11 is 0. The fourth-order valence-electron chi connectivity index (χ4n) is 3.27. The molecule has 0 saturated carbocycles. The summed E-state index contributed by atoms with van der Waals surface area (Å²) in [4.78, 5) is 36.3. The van der Waals surface area contributed by atoms with Crippen molar-refractivity contribution in [2.75, 3.05) is 13.6 Å². The highest BCUT2D eigenvalue weighted by atomic mass is 16.6. The summed E-state index contributed by atoms with van der Waals surface area (Å²) in [7, 11) is 1.80. The Morgan fingerprint density at radius 1 is 1.06 bits per heavy atom. The smallest absolute Gasteiger partial charge is 0.269 e. The van der Waals surface area contributed by atoms with E-state index < -0.39 is 16.7 Å². The largest absolute Gasteiger partial charge is 0.293 e. The highest BCUT2D eigenvalue weighted by molar-refractivity contribution is 5.95. The van der Waals surface area contributed by atoms with Crippen LogP contribution >= 0.6 is 0 Å². The zero-order valence-electron chi connectivity index (χ0n) is 18.0. The molecule has 0 aliphatic carbocycles. The Balaban J connectivity index is 1.54. The molecule has 32 heavy (non-hydrogen) atoms. The van der Waals surface area contributed by atoms with Gasteiger partial charge >= 0.3 is 0 Å². The van der Waals surface area contributed by atoms with Gasteiger partial charge in [0, 0.05) is 35.5 Å². The fourth-order valence-corrected chi connectivity index (χ4v) is 3.27. The number of aromatic nitrogens is 2. The molecule has 0 aliphatic rings. The summed E-state index contributed by atoms with van der Waals surface area (Å²) in [6.45, 7) is 4.48. The first-order valence-electron chi connectivity index (χ1n) is 9.89. The SMILES string of the molecule is Cc1nn(-c2ccccc2)c(C)c1CN(C)CC(=O)NNC(=O)c1ccc([N+](=O)[O-])cc1. The van der Waals surface area contributed by atoms with Gasteiger partial charge in [-0.1, -0.05) is 18.2 Å². The first-order valence-corrected chi connectivity index (χ1v) is 9.89. The number of nitrogens with one attached hydrogen (secondary N) is 2. The number of rotatable bonds is 7. The standard InChI is InChI=1S/C22H24N6O4/c1-15-20(16(2)27(25-15)18-7-5-4-6-8-18)13-26(3)14-21(29)23-24-22(30)17-9-11-19(12-10-17)28(31)32/h4-12H,13-14H2,1-3H3,(H,23,29)(H,24,30). The van der Waals surface area contributed by atoms with Crippen LogP contribution in [0.15, 0.2) is 54.6 Å². The van der Waals surface area contributed by atoms with Gasteiger partial charge in [-0.2, -0.15) is 5.10 Å². The van der Waals surface area contributed by atoms with Gasteiger partial charge in [0.05, 0.1) is 22.8 Å². The molecule has 2 N–H and O–H groups in total. The number of amides is 2. The summed E-state index contributed by atoms with van der Waals surface area (Å²) in [6.07, 6.45) is 0. The van der Waals surface area contributed by atoms with Gasteiger partial charge in [0.25, 0.3) is 17.5 Å². The maximum Gasteiger partial charge on any atom is 0.269 e. The molecular formula is C22H24N6O4. The van der Waals surface area contributed by atoms with Gasteiger partial charge in [0.2, 0.25) is 0 Å². The van der Waals surface area contributed by atoms with Crippen molar-refractivity contribution >= 4 is 17.5 Å². The van der Waals surface area contributed by atoms with Crippen molar-refractivity contribution in [1.82, 2.24) is 25.5 Å². The van der Waals surface area contributed by atoms with Crippen molar-refractivity contribution in [2.45, 2.75) is 20.4 Å². The number of hydrogen-bond donors (Lipinski definition) is 2. The monoisotopic (exact) mass is 436 g/mol. The highest BCUT2D eigenvalue weighted by Gasteiger charge is 2.16. The number of benzene rings is 2. The van der Waals surface area contributed by atoms with Crippen LogP contribution in [-0.4, -0.2) is 45.0 Å². The molecule has 166 valence electrons. The van der Waals surface area contributed by atoms with Crippen LogP contribution < -0.4 is 10.9 Å². The van der Waals surface area contributed by atoms with Crippen LogP contribution in [0.3, 0.4) is 0 Å². The number of nitro groups is 1. The van der Waals surface area contributed by atoms with Crippen molar-refractivity contribution in [3.05, 3.63) is 87.2 Å². The van der Waals surface area contributed by atoms with Crippen LogP contribution in [0.4, 0.5) is 5.69 Å². The average molecular weight is 436 g/mol. The number of likely N-dealkylation sites (N-methyl/N-ethyl adjacent to an activating group) is 1. The summed E-state index contributed by atoms with van der Waals surface area (Å²) in [5.41, 5.74) is 8.62. The molecule has 10 nitrogen and oxygen atoms in total. The molecular weight excluding hydrogens is 412 g/mol. The van der Waals surface area contributed by atoms with Gasteiger partial charge in [-0.3, -0.25) is 35.5 Å². The number of hydrazine groups is 1. The third-order valence-electron chi connectivity index (χ3n) is 4.94. The van der Waals surface area contributed by atoms with Crippen LogP contribution in [0.5, 0.6) is 0 Å². The second-order valence-electron chi connectivity index (χ2n) is 7.38. The molecule has 2 amide bonds. The zero-order chi connectivity index (χ0) is 23.3. The molecule has 0 aliphatic heterocycles. The Hall–Kier alpha value is -4.05. The van der Waals surface area contributed by atoms with Crippen molar-refractivity contribution < 1.29 is 14.5 Å². The quantitative estimate of drug-likeness (QED) is 0.433. The minimum Gasteiger partial charge on any atom is -0.293 e. The number of nitrogens with zero attached hydrogens (tertiary/aromatic N) is 4. The van der Waals surface area contributed by atoms with Crippen LogP contribution in [0.25, 0.3) is 5.69 Å². The van der Waals surface area contributed by atoms with Gasteiger partial charge in [-0.25, -0.2) is 4.68 Å². The predicted molar refractivity (Wildman–Crippen MR) is 118 cm³/mol. The summed E-state index contributed by atoms with van der Waals surface area (Å²) in [5.74, 6) is -0.958. The minimum atomic E-state index is -0.563. The van der Waals surface area contributed by atoms with Crippen LogP contribution in [0, 0.1) is 24.0 Å². The van der Waals surface area contributed by atoms with E-state index in [1.165, 1.54) is 24.3 Å². The van der Waals surface area contributed by atoms with Gasteiger partial charge in [0.1, 0.15) is 0 Å². The third-order valence-corrected chi connectivity index (χ3v) is 4.94. The van der Waals surface area contributed by atoms with E-state index in [0.717, 1.165) is 22.6 Å². The molecule has 1 heterocycles. The Bertz CT molecular complexity index is 1130. The van der Waals surface area contributed by atoms with Crippen LogP contribution in [0.2, 0.25) is 0 Å². The first kappa shape index (κ1) is 22.6. The van der Waals surface area contributed by atoms with E-state index >= 15 is 0 Å². The molecule has 3 rings (SSSR count). The lowest BCUT2D eigenvalue weighted by Gasteiger charge is -2.17. The Morgan fingerprint density at radius 2 is 1.72 bits per heavy atom. The van der Waals surface area contributed by atoms with Crippen molar-refractivity contribution in [3.63, 3.8) is 0 Å². The van der Waals surface area contributed by atoms with Gasteiger partial charge in [0.15, 0.2) is 0 Å². The lowest BCUT2D eigenvalue weighted by molar-refractivity contribution is -0.384. The Labute approximate surface area is 185 Å². The van der Waals surface area contributed by atoms with E-state index in [2.05, 4.69) is 16.0 Å². The molecule has 0 radical (unpaired) electrons. The maximum atomic E-state index is 12.2. The van der Waals surface area contributed by atoms with E-state index in [1.807, 2.05) is 53.8 Å². The molecule has 2 aromatic carbocycles. The fraction of sp³-hybridized carbons (Fsp3) is 0.227. The van der Waals surface area contributed by atoms with E-state index in [1.54, 1.807) is 7.05 Å². The van der Waals surface area contributed by atoms with Crippen molar-refractivity contribution in [1.29, 1.82) is 0 Å².